The third kappa shape index (κ3) is 4.75. The lowest BCUT2D eigenvalue weighted by Crippen LogP contribution is -2.20. The van der Waals surface area contributed by atoms with E-state index >= 15 is 0 Å². The van der Waals surface area contributed by atoms with E-state index in [2.05, 4.69) is 10.3 Å². The summed E-state index contributed by atoms with van der Waals surface area (Å²) in [5, 5.41) is 12.5. The summed E-state index contributed by atoms with van der Waals surface area (Å²) >= 11 is 6.09. The third-order valence-electron chi connectivity index (χ3n) is 4.78. The number of hydrogen-bond acceptors (Lipinski definition) is 6. The summed E-state index contributed by atoms with van der Waals surface area (Å²) in [5.74, 6) is 0.229. The first kappa shape index (κ1) is 22.6. The maximum Gasteiger partial charge on any atom is 0.269 e. The molecular weight excluding hydrogens is 456 g/mol. The molecule has 34 heavy (non-hydrogen) atoms. The second-order valence-corrected chi connectivity index (χ2v) is 7.35. The van der Waals surface area contributed by atoms with Crippen molar-refractivity contribution in [1.82, 2.24) is 9.38 Å². The van der Waals surface area contributed by atoms with Gasteiger partial charge in [0.15, 0.2) is 0 Å². The van der Waals surface area contributed by atoms with Gasteiger partial charge in [-0.3, -0.25) is 14.0 Å². The fraction of sp³-hybridized carbons (Fsp3) is 0.0400. The van der Waals surface area contributed by atoms with Crippen molar-refractivity contribution in [3.05, 3.63) is 99.4 Å². The summed E-state index contributed by atoms with van der Waals surface area (Å²) in [5.41, 5.74) is -0.224. The van der Waals surface area contributed by atoms with Crippen molar-refractivity contribution in [2.75, 3.05) is 12.4 Å². The number of nitrogens with zero attached hydrogens (tertiary/aromatic N) is 3. The molecule has 168 valence electrons. The number of aromatic nitrogens is 2. The van der Waals surface area contributed by atoms with Crippen LogP contribution in [0.2, 0.25) is 5.02 Å². The topological polar surface area (TPSA) is 106 Å². The largest absolute Gasteiger partial charge is 0.497 e. The fourth-order valence-electron chi connectivity index (χ4n) is 3.08. The van der Waals surface area contributed by atoms with Crippen LogP contribution in [-0.2, 0) is 4.79 Å². The molecule has 0 fully saturated rings. The Balaban J connectivity index is 1.79. The molecule has 0 aliphatic heterocycles. The quantitative estimate of drug-likeness (QED) is 0.322. The van der Waals surface area contributed by atoms with E-state index in [9.17, 15) is 14.9 Å². The maximum atomic E-state index is 13.2. The van der Waals surface area contributed by atoms with E-state index in [1.165, 1.54) is 10.6 Å². The number of nitrogens with one attached hydrogen (secondary N) is 1. The van der Waals surface area contributed by atoms with Gasteiger partial charge in [-0.15, -0.1) is 0 Å². The number of fused-ring (bicyclic) bond motifs is 1. The number of rotatable bonds is 6. The van der Waals surface area contributed by atoms with Crippen molar-refractivity contribution in [3.63, 3.8) is 0 Å². The maximum absolute atomic E-state index is 13.2. The summed E-state index contributed by atoms with van der Waals surface area (Å²) in [6.45, 7) is 0. The van der Waals surface area contributed by atoms with Crippen LogP contribution in [0.4, 0.5) is 5.69 Å². The molecule has 4 rings (SSSR count). The molecule has 9 heteroatoms. The number of benzene rings is 2. The normalized spacial score (nSPS) is 11.0. The van der Waals surface area contributed by atoms with E-state index in [0.29, 0.717) is 27.9 Å². The van der Waals surface area contributed by atoms with Crippen molar-refractivity contribution in [3.8, 4) is 23.4 Å². The second kappa shape index (κ2) is 9.90. The van der Waals surface area contributed by atoms with Crippen LogP contribution < -0.4 is 20.3 Å². The minimum atomic E-state index is -0.733. The van der Waals surface area contributed by atoms with Crippen molar-refractivity contribution < 1.29 is 14.3 Å². The van der Waals surface area contributed by atoms with Crippen LogP contribution in [0.5, 0.6) is 17.4 Å². The summed E-state index contributed by atoms with van der Waals surface area (Å²) in [7, 11) is 1.54. The van der Waals surface area contributed by atoms with Gasteiger partial charge in [-0.2, -0.15) is 10.2 Å². The number of methoxy groups -OCH3 is 1. The Morgan fingerprint density at radius 2 is 1.79 bits per heavy atom. The van der Waals surface area contributed by atoms with Crippen LogP contribution >= 0.6 is 11.6 Å². The molecule has 2 aromatic heterocycles. The predicted molar refractivity (Wildman–Crippen MR) is 128 cm³/mol. The molecule has 1 N–H and O–H groups in total. The predicted octanol–water partition coefficient (Wildman–Crippen LogP) is 4.69. The van der Waals surface area contributed by atoms with E-state index in [1.54, 1.807) is 73.8 Å². The Morgan fingerprint density at radius 1 is 1.09 bits per heavy atom. The SMILES string of the molecule is COc1ccc(Oc2nc3ccccn3c(=O)c2/C=C(/C#N)C(=O)Nc2ccccc2Cl)cc1. The number of anilines is 1. The van der Waals surface area contributed by atoms with Crippen LogP contribution in [0.15, 0.2) is 83.3 Å². The number of nitriles is 1. The van der Waals surface area contributed by atoms with Gasteiger partial charge < -0.3 is 14.8 Å². The average molecular weight is 473 g/mol. The fourth-order valence-corrected chi connectivity index (χ4v) is 3.27. The minimum Gasteiger partial charge on any atom is -0.497 e. The Morgan fingerprint density at radius 3 is 2.50 bits per heavy atom. The Labute approximate surface area is 199 Å². The number of ether oxygens (including phenoxy) is 2. The van der Waals surface area contributed by atoms with Gasteiger partial charge in [0, 0.05) is 6.20 Å². The highest BCUT2D eigenvalue weighted by Gasteiger charge is 2.18. The lowest BCUT2D eigenvalue weighted by molar-refractivity contribution is -0.112. The van der Waals surface area contributed by atoms with Crippen LogP contribution in [0, 0.1) is 11.3 Å². The number of pyridine rings is 1. The monoisotopic (exact) mass is 472 g/mol. The van der Waals surface area contributed by atoms with Gasteiger partial charge in [0.25, 0.3) is 11.5 Å². The third-order valence-corrected chi connectivity index (χ3v) is 5.11. The minimum absolute atomic E-state index is 0.0559. The van der Waals surface area contributed by atoms with E-state index in [4.69, 9.17) is 21.1 Å². The number of hydrogen-bond donors (Lipinski definition) is 1. The molecule has 0 atom stereocenters. The zero-order valence-corrected chi connectivity index (χ0v) is 18.6. The molecule has 2 heterocycles. The van der Waals surface area contributed by atoms with Crippen molar-refractivity contribution in [1.29, 1.82) is 5.26 Å². The van der Waals surface area contributed by atoms with Crippen LogP contribution in [-0.4, -0.2) is 22.4 Å². The van der Waals surface area contributed by atoms with Gasteiger partial charge in [0.1, 0.15) is 34.4 Å². The molecule has 0 saturated carbocycles. The zero-order valence-electron chi connectivity index (χ0n) is 17.9. The van der Waals surface area contributed by atoms with Crippen LogP contribution in [0.25, 0.3) is 11.7 Å². The molecule has 4 aromatic rings. The molecule has 0 spiro atoms. The Kier molecular flexibility index (Phi) is 6.57. The second-order valence-electron chi connectivity index (χ2n) is 6.95. The number of para-hydroxylation sites is 1. The highest BCUT2D eigenvalue weighted by atomic mass is 35.5. The number of amides is 1. The lowest BCUT2D eigenvalue weighted by Gasteiger charge is -2.11. The molecule has 0 radical (unpaired) electrons. The Bertz CT molecular complexity index is 1500. The molecule has 0 aliphatic rings. The first-order valence-electron chi connectivity index (χ1n) is 10.0. The smallest absolute Gasteiger partial charge is 0.269 e. The highest BCUT2D eigenvalue weighted by Crippen LogP contribution is 2.26. The van der Waals surface area contributed by atoms with Crippen molar-refractivity contribution in [2.24, 2.45) is 0 Å². The number of halogens is 1. The van der Waals surface area contributed by atoms with E-state index in [-0.39, 0.29) is 17.0 Å². The summed E-state index contributed by atoms with van der Waals surface area (Å²) < 4.78 is 12.3. The highest BCUT2D eigenvalue weighted by molar-refractivity contribution is 6.34. The van der Waals surface area contributed by atoms with Crippen molar-refractivity contribution >= 4 is 34.9 Å². The zero-order chi connectivity index (χ0) is 24.1. The van der Waals surface area contributed by atoms with Crippen LogP contribution in [0.3, 0.4) is 0 Å². The van der Waals surface area contributed by atoms with Gasteiger partial charge in [-0.1, -0.05) is 29.8 Å². The van der Waals surface area contributed by atoms with E-state index < -0.39 is 11.5 Å². The Hall–Kier alpha value is -4.61. The van der Waals surface area contributed by atoms with Gasteiger partial charge >= 0.3 is 0 Å². The molecule has 0 saturated heterocycles. The molecule has 8 nitrogen and oxygen atoms in total. The summed E-state index contributed by atoms with van der Waals surface area (Å²) in [6, 6.07) is 20.2. The first-order valence-corrected chi connectivity index (χ1v) is 10.4. The van der Waals surface area contributed by atoms with Gasteiger partial charge in [-0.05, 0) is 54.6 Å². The lowest BCUT2D eigenvalue weighted by atomic mass is 10.1. The van der Waals surface area contributed by atoms with Gasteiger partial charge in [0.2, 0.25) is 5.88 Å². The molecule has 0 unspecified atom stereocenters. The average Bonchev–Trinajstić information content (AvgIpc) is 2.86. The number of carbonyl (C=O) groups is 1. The first-order chi connectivity index (χ1) is 16.5. The summed E-state index contributed by atoms with van der Waals surface area (Å²) in [4.78, 5) is 30.4. The summed E-state index contributed by atoms with van der Waals surface area (Å²) in [6.07, 6.45) is 2.69. The van der Waals surface area contributed by atoms with Crippen molar-refractivity contribution in [2.45, 2.75) is 0 Å². The molecular formula is C25H17ClN4O4. The van der Waals surface area contributed by atoms with Gasteiger partial charge in [-0.25, -0.2) is 0 Å². The van der Waals surface area contributed by atoms with Gasteiger partial charge in [0.05, 0.1) is 17.8 Å². The standard InChI is InChI=1S/C25H17ClN4O4/c1-33-17-9-11-18(12-10-17)34-24-19(25(32)30-13-5-4-8-22(30)29-24)14-16(15-27)23(31)28-21-7-3-2-6-20(21)26/h2-14H,1H3,(H,28,31)/b16-14-. The van der Waals surface area contributed by atoms with E-state index in [0.717, 1.165) is 6.08 Å². The molecule has 0 bridgehead atoms. The van der Waals surface area contributed by atoms with E-state index in [1.807, 2.05) is 6.07 Å². The molecule has 1 amide bonds. The van der Waals surface area contributed by atoms with Crippen LogP contribution in [0.1, 0.15) is 5.56 Å². The molecule has 2 aromatic carbocycles. The number of carbonyl (C=O) groups excluding carboxylic acids is 1. The molecule has 0 aliphatic carbocycles.